The van der Waals surface area contributed by atoms with E-state index in [1.165, 1.54) is 0 Å². The van der Waals surface area contributed by atoms with Gasteiger partial charge < -0.3 is 4.90 Å². The van der Waals surface area contributed by atoms with Crippen molar-refractivity contribution >= 4 is 17.4 Å². The van der Waals surface area contributed by atoms with E-state index in [2.05, 4.69) is 4.90 Å². The molecule has 0 aromatic rings. The number of nitrogens with zero attached hydrogens (tertiary/aromatic N) is 2. The highest BCUT2D eigenvalue weighted by Gasteiger charge is 2.36. The van der Waals surface area contributed by atoms with Crippen molar-refractivity contribution in [3.63, 3.8) is 0 Å². The zero-order valence-electron chi connectivity index (χ0n) is 8.77. The Bertz CT molecular complexity index is 314. The summed E-state index contributed by atoms with van der Waals surface area (Å²) in [5.41, 5.74) is 0. The first-order valence-corrected chi connectivity index (χ1v) is 5.68. The molecule has 0 saturated carbocycles. The standard InChI is InChI=1S/C11H15ClN2O/c1-13-8-14-7-3-2-4-10(14)11(15)9(13)5-6-12/h2-4,7,9-10H,5-6,8H2,1H3/t9-,10+/m1/s1. The molecule has 0 amide bonds. The molecule has 82 valence electrons. The Morgan fingerprint density at radius 3 is 3.07 bits per heavy atom. The van der Waals surface area contributed by atoms with Crippen LogP contribution < -0.4 is 0 Å². The van der Waals surface area contributed by atoms with Gasteiger partial charge in [-0.05, 0) is 19.5 Å². The Morgan fingerprint density at radius 1 is 1.53 bits per heavy atom. The minimum atomic E-state index is -0.0839. The monoisotopic (exact) mass is 226 g/mol. The van der Waals surface area contributed by atoms with Gasteiger partial charge in [-0.15, -0.1) is 11.6 Å². The van der Waals surface area contributed by atoms with Crippen molar-refractivity contribution in [2.24, 2.45) is 0 Å². The Hall–Kier alpha value is -0.800. The highest BCUT2D eigenvalue weighted by atomic mass is 35.5. The second kappa shape index (κ2) is 4.37. The van der Waals surface area contributed by atoms with Gasteiger partial charge in [-0.3, -0.25) is 9.69 Å². The third-order valence-corrected chi connectivity index (χ3v) is 3.18. The Balaban J connectivity index is 2.16. The van der Waals surface area contributed by atoms with Crippen LogP contribution in [-0.4, -0.2) is 47.3 Å². The van der Waals surface area contributed by atoms with Crippen molar-refractivity contribution in [1.29, 1.82) is 0 Å². The van der Waals surface area contributed by atoms with Gasteiger partial charge >= 0.3 is 0 Å². The summed E-state index contributed by atoms with van der Waals surface area (Å²) in [6.07, 6.45) is 8.55. The van der Waals surface area contributed by atoms with Gasteiger partial charge in [0.05, 0.1) is 12.7 Å². The molecular formula is C11H15ClN2O. The van der Waals surface area contributed by atoms with Crippen LogP contribution in [0.2, 0.25) is 0 Å². The highest BCUT2D eigenvalue weighted by Crippen LogP contribution is 2.21. The molecule has 0 radical (unpaired) electrons. The largest absolute Gasteiger partial charge is 0.351 e. The number of fused-ring (bicyclic) bond motifs is 1. The average molecular weight is 227 g/mol. The molecule has 0 aromatic heterocycles. The molecule has 1 saturated heterocycles. The van der Waals surface area contributed by atoms with Crippen molar-refractivity contribution in [3.8, 4) is 0 Å². The number of ketones is 1. The molecule has 2 atom stereocenters. The molecule has 0 aliphatic carbocycles. The molecule has 0 unspecified atom stereocenters. The predicted octanol–water partition coefficient (Wildman–Crippen LogP) is 1.21. The molecule has 2 aliphatic rings. The molecule has 0 N–H and O–H groups in total. The smallest absolute Gasteiger partial charge is 0.176 e. The number of carbonyl (C=O) groups excluding carboxylic acids is 1. The lowest BCUT2D eigenvalue weighted by Gasteiger charge is -2.43. The lowest BCUT2D eigenvalue weighted by molar-refractivity contribution is -0.133. The van der Waals surface area contributed by atoms with Crippen LogP contribution >= 0.6 is 11.6 Å². The molecule has 1 fully saturated rings. The molecule has 2 heterocycles. The maximum absolute atomic E-state index is 12.1. The second-order valence-corrected chi connectivity index (χ2v) is 4.36. The van der Waals surface area contributed by atoms with Crippen LogP contribution in [0.1, 0.15) is 6.42 Å². The van der Waals surface area contributed by atoms with Gasteiger partial charge in [0.25, 0.3) is 0 Å². The SMILES string of the molecule is CN1CN2C=CC=C[C@H]2C(=O)[C@H]1CCCl. The van der Waals surface area contributed by atoms with Crippen LogP contribution in [0.5, 0.6) is 0 Å². The summed E-state index contributed by atoms with van der Waals surface area (Å²) in [5.74, 6) is 0.789. The fourth-order valence-electron chi connectivity index (χ4n) is 2.16. The summed E-state index contributed by atoms with van der Waals surface area (Å²) in [4.78, 5) is 16.2. The van der Waals surface area contributed by atoms with Crippen molar-refractivity contribution in [3.05, 3.63) is 24.4 Å². The van der Waals surface area contributed by atoms with Crippen LogP contribution in [0.3, 0.4) is 0 Å². The molecule has 2 aliphatic heterocycles. The Morgan fingerprint density at radius 2 is 2.33 bits per heavy atom. The fraction of sp³-hybridized carbons (Fsp3) is 0.545. The highest BCUT2D eigenvalue weighted by molar-refractivity contribution is 6.18. The summed E-state index contributed by atoms with van der Waals surface area (Å²) in [5, 5.41) is 0. The molecule has 4 heteroatoms. The Kier molecular flexibility index (Phi) is 3.12. The number of halogens is 1. The molecule has 3 nitrogen and oxygen atoms in total. The summed E-state index contributed by atoms with van der Waals surface area (Å²) in [7, 11) is 1.97. The fourth-order valence-corrected chi connectivity index (χ4v) is 2.37. The van der Waals surface area contributed by atoms with E-state index in [0.29, 0.717) is 5.88 Å². The lowest BCUT2D eigenvalue weighted by Crippen LogP contribution is -2.58. The van der Waals surface area contributed by atoms with Gasteiger partial charge in [0.2, 0.25) is 0 Å². The summed E-state index contributed by atoms with van der Waals surface area (Å²) >= 11 is 5.72. The van der Waals surface area contributed by atoms with Gasteiger partial charge in [0.1, 0.15) is 6.04 Å². The van der Waals surface area contributed by atoms with E-state index < -0.39 is 0 Å². The summed E-state index contributed by atoms with van der Waals surface area (Å²) in [6, 6.07) is -0.112. The van der Waals surface area contributed by atoms with Crippen molar-refractivity contribution in [1.82, 2.24) is 9.80 Å². The van der Waals surface area contributed by atoms with E-state index in [1.807, 2.05) is 36.4 Å². The van der Waals surface area contributed by atoms with Crippen molar-refractivity contribution in [2.45, 2.75) is 18.5 Å². The Labute approximate surface area is 95.0 Å². The van der Waals surface area contributed by atoms with Gasteiger partial charge in [0.15, 0.2) is 5.78 Å². The van der Waals surface area contributed by atoms with Crippen LogP contribution in [0.4, 0.5) is 0 Å². The van der Waals surface area contributed by atoms with Gasteiger partial charge in [-0.2, -0.15) is 0 Å². The van der Waals surface area contributed by atoms with E-state index in [4.69, 9.17) is 11.6 Å². The number of carbonyl (C=O) groups is 1. The second-order valence-electron chi connectivity index (χ2n) is 3.98. The number of likely N-dealkylation sites (N-methyl/N-ethyl adjacent to an activating group) is 1. The van der Waals surface area contributed by atoms with Crippen molar-refractivity contribution in [2.75, 3.05) is 19.6 Å². The topological polar surface area (TPSA) is 23.6 Å². The molecular weight excluding hydrogens is 212 g/mol. The van der Waals surface area contributed by atoms with Gasteiger partial charge in [0, 0.05) is 12.1 Å². The minimum absolute atomic E-state index is 0.0279. The van der Waals surface area contributed by atoms with Gasteiger partial charge in [-0.1, -0.05) is 12.2 Å². The maximum atomic E-state index is 12.1. The summed E-state index contributed by atoms with van der Waals surface area (Å²) < 4.78 is 0. The summed E-state index contributed by atoms with van der Waals surface area (Å²) in [6.45, 7) is 0.790. The van der Waals surface area contributed by atoms with Crippen LogP contribution in [-0.2, 0) is 4.79 Å². The molecule has 15 heavy (non-hydrogen) atoms. The zero-order chi connectivity index (χ0) is 10.8. The number of Topliss-reactive ketones (excluding diaryl/α,β-unsaturated/α-hetero) is 1. The average Bonchev–Trinajstić information content (AvgIpc) is 2.24. The molecule has 0 aromatic carbocycles. The normalized spacial score (nSPS) is 30.8. The lowest BCUT2D eigenvalue weighted by atomic mass is 9.96. The number of hydrogen-bond acceptors (Lipinski definition) is 3. The van der Waals surface area contributed by atoms with Gasteiger partial charge in [-0.25, -0.2) is 0 Å². The number of allylic oxidation sites excluding steroid dienone is 2. The first kappa shape index (κ1) is 10.7. The van der Waals surface area contributed by atoms with E-state index >= 15 is 0 Å². The molecule has 0 bridgehead atoms. The van der Waals surface area contributed by atoms with E-state index in [1.54, 1.807) is 0 Å². The third-order valence-electron chi connectivity index (χ3n) is 2.96. The first-order chi connectivity index (χ1) is 7.24. The van der Waals surface area contributed by atoms with E-state index in [-0.39, 0.29) is 17.9 Å². The molecule has 2 rings (SSSR count). The van der Waals surface area contributed by atoms with Crippen molar-refractivity contribution < 1.29 is 4.79 Å². The first-order valence-electron chi connectivity index (χ1n) is 5.14. The quantitative estimate of drug-likeness (QED) is 0.662. The van der Waals surface area contributed by atoms with Crippen LogP contribution in [0, 0.1) is 0 Å². The predicted molar refractivity (Wildman–Crippen MR) is 60.7 cm³/mol. The number of alkyl halides is 1. The maximum Gasteiger partial charge on any atom is 0.176 e. The molecule has 0 spiro atoms. The van der Waals surface area contributed by atoms with Crippen LogP contribution in [0.25, 0.3) is 0 Å². The zero-order valence-corrected chi connectivity index (χ0v) is 9.52. The third kappa shape index (κ3) is 1.94. The van der Waals surface area contributed by atoms with E-state index in [9.17, 15) is 4.79 Å². The number of rotatable bonds is 2. The number of hydrogen-bond donors (Lipinski definition) is 0. The van der Waals surface area contributed by atoms with E-state index in [0.717, 1.165) is 13.1 Å². The minimum Gasteiger partial charge on any atom is -0.351 e. The van der Waals surface area contributed by atoms with Crippen LogP contribution in [0.15, 0.2) is 24.4 Å².